The second-order valence-corrected chi connectivity index (χ2v) is 5.69. The molecule has 0 radical (unpaired) electrons. The van der Waals surface area contributed by atoms with E-state index >= 15 is 0 Å². The number of hydrogen-bond donors (Lipinski definition) is 1. The SMILES string of the molecule is Cc1ccc(C(C)CCNC2CC2)s1. The van der Waals surface area contributed by atoms with Gasteiger partial charge in [0.1, 0.15) is 0 Å². The fourth-order valence-corrected chi connectivity index (χ4v) is 2.61. The molecule has 0 spiro atoms. The summed E-state index contributed by atoms with van der Waals surface area (Å²) >= 11 is 1.94. The highest BCUT2D eigenvalue weighted by atomic mass is 32.1. The first-order valence-electron chi connectivity index (χ1n) is 5.55. The van der Waals surface area contributed by atoms with Crippen LogP contribution in [0.4, 0.5) is 0 Å². The van der Waals surface area contributed by atoms with Gasteiger partial charge in [0, 0.05) is 15.8 Å². The first-order chi connectivity index (χ1) is 6.75. The molecular formula is C12H19NS. The monoisotopic (exact) mass is 209 g/mol. The molecule has 0 aliphatic heterocycles. The van der Waals surface area contributed by atoms with Crippen molar-refractivity contribution in [3.63, 3.8) is 0 Å². The van der Waals surface area contributed by atoms with E-state index in [1.54, 1.807) is 4.88 Å². The average Bonchev–Trinajstić information content (AvgIpc) is 2.87. The Morgan fingerprint density at radius 2 is 2.29 bits per heavy atom. The summed E-state index contributed by atoms with van der Waals surface area (Å²) in [4.78, 5) is 2.97. The Balaban J connectivity index is 1.73. The Kier molecular flexibility index (Phi) is 3.24. The molecule has 2 rings (SSSR count). The van der Waals surface area contributed by atoms with Gasteiger partial charge in [-0.2, -0.15) is 0 Å². The Labute approximate surface area is 90.5 Å². The van der Waals surface area contributed by atoms with E-state index in [0.717, 1.165) is 12.0 Å². The van der Waals surface area contributed by atoms with E-state index < -0.39 is 0 Å². The molecule has 2 heteroatoms. The van der Waals surface area contributed by atoms with Gasteiger partial charge in [-0.1, -0.05) is 6.92 Å². The zero-order chi connectivity index (χ0) is 9.97. The van der Waals surface area contributed by atoms with Crippen LogP contribution in [-0.4, -0.2) is 12.6 Å². The summed E-state index contributed by atoms with van der Waals surface area (Å²) in [5, 5.41) is 3.57. The van der Waals surface area contributed by atoms with Crippen molar-refractivity contribution in [3.05, 3.63) is 21.9 Å². The normalized spacial score (nSPS) is 18.4. The molecule has 14 heavy (non-hydrogen) atoms. The van der Waals surface area contributed by atoms with Gasteiger partial charge in [0.05, 0.1) is 0 Å². The molecule has 1 atom stereocenters. The number of nitrogens with one attached hydrogen (secondary N) is 1. The minimum Gasteiger partial charge on any atom is -0.314 e. The molecular weight excluding hydrogens is 190 g/mol. The number of aryl methyl sites for hydroxylation is 1. The van der Waals surface area contributed by atoms with E-state index in [1.807, 2.05) is 11.3 Å². The largest absolute Gasteiger partial charge is 0.314 e. The lowest BCUT2D eigenvalue weighted by Gasteiger charge is -2.09. The van der Waals surface area contributed by atoms with Gasteiger partial charge in [-0.05, 0) is 50.8 Å². The molecule has 0 amide bonds. The lowest BCUT2D eigenvalue weighted by Crippen LogP contribution is -2.18. The van der Waals surface area contributed by atoms with Gasteiger partial charge in [0.15, 0.2) is 0 Å². The van der Waals surface area contributed by atoms with Crippen LogP contribution >= 0.6 is 11.3 Å². The minimum atomic E-state index is 0.722. The highest BCUT2D eigenvalue weighted by Gasteiger charge is 2.20. The highest BCUT2D eigenvalue weighted by Crippen LogP contribution is 2.26. The zero-order valence-electron chi connectivity index (χ0n) is 9.05. The van der Waals surface area contributed by atoms with E-state index in [0.29, 0.717) is 0 Å². The van der Waals surface area contributed by atoms with Crippen LogP contribution < -0.4 is 5.32 Å². The molecule has 1 aliphatic rings. The summed E-state index contributed by atoms with van der Waals surface area (Å²) in [5.74, 6) is 0.722. The van der Waals surface area contributed by atoms with Gasteiger partial charge in [-0.25, -0.2) is 0 Å². The quantitative estimate of drug-likeness (QED) is 0.784. The van der Waals surface area contributed by atoms with Crippen molar-refractivity contribution in [3.8, 4) is 0 Å². The van der Waals surface area contributed by atoms with Gasteiger partial charge in [0.2, 0.25) is 0 Å². The van der Waals surface area contributed by atoms with Gasteiger partial charge in [-0.15, -0.1) is 11.3 Å². The lowest BCUT2D eigenvalue weighted by atomic mass is 10.1. The molecule has 1 fully saturated rings. The van der Waals surface area contributed by atoms with Crippen LogP contribution in [0.1, 0.15) is 41.9 Å². The third-order valence-corrected chi connectivity index (χ3v) is 4.07. The maximum absolute atomic E-state index is 3.57. The Morgan fingerprint density at radius 1 is 1.50 bits per heavy atom. The molecule has 0 saturated heterocycles. The fraction of sp³-hybridized carbons (Fsp3) is 0.667. The van der Waals surface area contributed by atoms with Crippen LogP contribution in [0, 0.1) is 6.92 Å². The summed E-state index contributed by atoms with van der Waals surface area (Å²) in [7, 11) is 0. The smallest absolute Gasteiger partial charge is 0.00767 e. The molecule has 0 bridgehead atoms. The van der Waals surface area contributed by atoms with Gasteiger partial charge >= 0.3 is 0 Å². The third kappa shape index (κ3) is 2.82. The topological polar surface area (TPSA) is 12.0 Å². The van der Waals surface area contributed by atoms with Crippen molar-refractivity contribution in [1.82, 2.24) is 5.32 Å². The van der Waals surface area contributed by atoms with Crippen LogP contribution in [0.15, 0.2) is 12.1 Å². The van der Waals surface area contributed by atoms with E-state index in [9.17, 15) is 0 Å². The maximum atomic E-state index is 3.57. The predicted molar refractivity (Wildman–Crippen MR) is 63.1 cm³/mol. The summed E-state index contributed by atoms with van der Waals surface area (Å²) < 4.78 is 0. The Morgan fingerprint density at radius 3 is 2.86 bits per heavy atom. The summed E-state index contributed by atoms with van der Waals surface area (Å²) in [5.41, 5.74) is 0. The fourth-order valence-electron chi connectivity index (χ4n) is 1.65. The Hall–Kier alpha value is -0.340. The van der Waals surface area contributed by atoms with E-state index in [-0.39, 0.29) is 0 Å². The summed E-state index contributed by atoms with van der Waals surface area (Å²) in [6.07, 6.45) is 4.06. The number of hydrogen-bond acceptors (Lipinski definition) is 2. The van der Waals surface area contributed by atoms with Crippen molar-refractivity contribution in [2.45, 2.75) is 45.1 Å². The highest BCUT2D eigenvalue weighted by molar-refractivity contribution is 7.12. The molecule has 1 aromatic rings. The predicted octanol–water partition coefficient (Wildman–Crippen LogP) is 3.30. The van der Waals surface area contributed by atoms with Crippen molar-refractivity contribution in [2.75, 3.05) is 6.54 Å². The van der Waals surface area contributed by atoms with Crippen LogP contribution in [-0.2, 0) is 0 Å². The molecule has 1 heterocycles. The van der Waals surface area contributed by atoms with Gasteiger partial charge in [-0.3, -0.25) is 0 Å². The van der Waals surface area contributed by atoms with Crippen LogP contribution in [0.2, 0.25) is 0 Å². The molecule has 1 N–H and O–H groups in total. The molecule has 78 valence electrons. The standard InChI is InChI=1S/C12H19NS/c1-9(7-8-13-11-4-5-11)12-6-3-10(2)14-12/h3,6,9,11,13H,4-5,7-8H2,1-2H3. The van der Waals surface area contributed by atoms with Crippen LogP contribution in [0.3, 0.4) is 0 Å². The van der Waals surface area contributed by atoms with E-state index in [1.165, 1.54) is 30.7 Å². The average molecular weight is 209 g/mol. The third-order valence-electron chi connectivity index (χ3n) is 2.83. The lowest BCUT2D eigenvalue weighted by molar-refractivity contribution is 0.597. The van der Waals surface area contributed by atoms with Crippen molar-refractivity contribution < 1.29 is 0 Å². The first kappa shape index (κ1) is 10.2. The molecule has 1 saturated carbocycles. The number of rotatable bonds is 5. The molecule has 1 nitrogen and oxygen atoms in total. The second kappa shape index (κ2) is 4.45. The van der Waals surface area contributed by atoms with Gasteiger partial charge in [0.25, 0.3) is 0 Å². The summed E-state index contributed by atoms with van der Waals surface area (Å²) in [6.45, 7) is 5.70. The van der Waals surface area contributed by atoms with Crippen molar-refractivity contribution in [1.29, 1.82) is 0 Å². The van der Waals surface area contributed by atoms with Crippen LogP contribution in [0.25, 0.3) is 0 Å². The molecule has 1 aliphatic carbocycles. The van der Waals surface area contributed by atoms with Crippen molar-refractivity contribution >= 4 is 11.3 Å². The first-order valence-corrected chi connectivity index (χ1v) is 6.37. The molecule has 1 aromatic heterocycles. The van der Waals surface area contributed by atoms with Crippen molar-refractivity contribution in [2.24, 2.45) is 0 Å². The zero-order valence-corrected chi connectivity index (χ0v) is 9.86. The number of thiophene rings is 1. The minimum absolute atomic E-state index is 0.722. The maximum Gasteiger partial charge on any atom is 0.00767 e. The van der Waals surface area contributed by atoms with E-state index in [2.05, 4.69) is 31.3 Å². The van der Waals surface area contributed by atoms with Crippen LogP contribution in [0.5, 0.6) is 0 Å². The summed E-state index contributed by atoms with van der Waals surface area (Å²) in [6, 6.07) is 5.36. The Bertz CT molecular complexity index is 288. The van der Waals surface area contributed by atoms with E-state index in [4.69, 9.17) is 0 Å². The second-order valence-electron chi connectivity index (χ2n) is 4.37. The van der Waals surface area contributed by atoms with Gasteiger partial charge < -0.3 is 5.32 Å². The molecule has 0 aromatic carbocycles. The molecule has 1 unspecified atom stereocenters.